The minimum atomic E-state index is 0.0185. The molecule has 0 bridgehead atoms. The summed E-state index contributed by atoms with van der Waals surface area (Å²) >= 11 is 0. The fraction of sp³-hybridized carbons (Fsp3) is 0.344. The third-order valence-electron chi connectivity index (χ3n) is 6.66. The molecule has 6 nitrogen and oxygen atoms in total. The van der Waals surface area contributed by atoms with Crippen molar-refractivity contribution in [3.05, 3.63) is 85.5 Å². The van der Waals surface area contributed by atoms with Gasteiger partial charge in [-0.15, -0.1) is 0 Å². The molecule has 0 saturated carbocycles. The molecular formula is C32H40N4O2. The summed E-state index contributed by atoms with van der Waals surface area (Å²) in [6.07, 6.45) is 10.9. The first kappa shape index (κ1) is 28.6. The zero-order chi connectivity index (χ0) is 27.5. The lowest BCUT2D eigenvalue weighted by molar-refractivity contribution is -0.112. The van der Waals surface area contributed by atoms with Gasteiger partial charge in [0, 0.05) is 23.9 Å². The SMILES string of the molecule is C=CC(C)=O.CCCCC(CC(C)CC)c1nc(-c2ccc(Oc3ccccc3)cc2)c2c(N)nccn12. The highest BCUT2D eigenvalue weighted by Crippen LogP contribution is 2.36. The van der Waals surface area contributed by atoms with Crippen molar-refractivity contribution in [3.8, 4) is 22.8 Å². The molecule has 0 fully saturated rings. The second kappa shape index (κ2) is 14.1. The number of nitrogens with zero attached hydrogens (tertiary/aromatic N) is 3. The van der Waals surface area contributed by atoms with Crippen molar-refractivity contribution in [2.45, 2.75) is 65.7 Å². The van der Waals surface area contributed by atoms with E-state index in [-0.39, 0.29) is 5.78 Å². The number of para-hydroxylation sites is 1. The van der Waals surface area contributed by atoms with Gasteiger partial charge in [0.25, 0.3) is 0 Å². The van der Waals surface area contributed by atoms with Crippen LogP contribution in [0.3, 0.4) is 0 Å². The number of benzene rings is 2. The molecule has 2 unspecified atom stereocenters. The van der Waals surface area contributed by atoms with Gasteiger partial charge < -0.3 is 10.5 Å². The average molecular weight is 513 g/mol. The zero-order valence-electron chi connectivity index (χ0n) is 23.1. The van der Waals surface area contributed by atoms with Gasteiger partial charge in [0.2, 0.25) is 0 Å². The summed E-state index contributed by atoms with van der Waals surface area (Å²) in [6, 6.07) is 17.9. The van der Waals surface area contributed by atoms with Crippen molar-refractivity contribution >= 4 is 17.1 Å². The van der Waals surface area contributed by atoms with Gasteiger partial charge in [-0.3, -0.25) is 9.20 Å². The summed E-state index contributed by atoms with van der Waals surface area (Å²) in [5.74, 6) is 4.26. The molecule has 0 saturated heterocycles. The Kier molecular flexibility index (Phi) is 10.6. The van der Waals surface area contributed by atoms with Crippen LogP contribution in [0.4, 0.5) is 5.82 Å². The first-order valence-electron chi connectivity index (χ1n) is 13.5. The van der Waals surface area contributed by atoms with E-state index in [9.17, 15) is 4.79 Å². The van der Waals surface area contributed by atoms with Crippen LogP contribution in [-0.4, -0.2) is 20.2 Å². The largest absolute Gasteiger partial charge is 0.457 e. The average Bonchev–Trinajstić information content (AvgIpc) is 3.33. The maximum atomic E-state index is 9.69. The number of fused-ring (bicyclic) bond motifs is 1. The molecule has 2 N–H and O–H groups in total. The summed E-state index contributed by atoms with van der Waals surface area (Å²) in [5.41, 5.74) is 9.15. The van der Waals surface area contributed by atoms with Gasteiger partial charge in [0.15, 0.2) is 5.78 Å². The number of ether oxygens (including phenoxy) is 1. The van der Waals surface area contributed by atoms with E-state index >= 15 is 0 Å². The van der Waals surface area contributed by atoms with E-state index in [2.05, 4.69) is 36.7 Å². The molecule has 2 aromatic heterocycles. The second-order valence-corrected chi connectivity index (χ2v) is 9.69. The van der Waals surface area contributed by atoms with Crippen LogP contribution < -0.4 is 10.5 Å². The Morgan fingerprint density at radius 2 is 1.76 bits per heavy atom. The second-order valence-electron chi connectivity index (χ2n) is 9.69. The van der Waals surface area contributed by atoms with Crippen molar-refractivity contribution < 1.29 is 9.53 Å². The summed E-state index contributed by atoms with van der Waals surface area (Å²) < 4.78 is 8.12. The fourth-order valence-corrected chi connectivity index (χ4v) is 4.34. The summed E-state index contributed by atoms with van der Waals surface area (Å²) in [7, 11) is 0. The number of hydrogen-bond acceptors (Lipinski definition) is 5. The Labute approximate surface area is 226 Å². The number of anilines is 1. The van der Waals surface area contributed by atoms with Crippen LogP contribution in [0.25, 0.3) is 16.8 Å². The van der Waals surface area contributed by atoms with Crippen LogP contribution in [0.15, 0.2) is 79.6 Å². The molecule has 0 radical (unpaired) electrons. The summed E-state index contributed by atoms with van der Waals surface area (Å²) in [4.78, 5) is 19.2. The Morgan fingerprint density at radius 3 is 2.37 bits per heavy atom. The first-order chi connectivity index (χ1) is 18.4. The smallest absolute Gasteiger partial charge is 0.152 e. The number of ketones is 1. The first-order valence-corrected chi connectivity index (χ1v) is 13.5. The molecular weight excluding hydrogens is 472 g/mol. The molecule has 2 atom stereocenters. The standard InChI is InChI=1S/C28H34N4O.C4H6O/c1-4-6-10-22(19-20(3)5-2)28-31-25(26-27(29)30-17-18-32(26)28)21-13-15-24(16-14-21)33-23-11-8-7-9-12-23;1-3-4(2)5/h7-9,11-18,20,22H,4-6,10,19H2,1-3H3,(H2,29,30);3H,1H2,2H3. The zero-order valence-corrected chi connectivity index (χ0v) is 23.1. The van der Waals surface area contributed by atoms with Crippen molar-refractivity contribution in [1.29, 1.82) is 0 Å². The number of rotatable bonds is 11. The van der Waals surface area contributed by atoms with E-state index in [0.717, 1.165) is 46.9 Å². The normalized spacial score (nSPS) is 12.3. The molecule has 38 heavy (non-hydrogen) atoms. The predicted molar refractivity (Wildman–Crippen MR) is 157 cm³/mol. The van der Waals surface area contributed by atoms with E-state index in [0.29, 0.717) is 17.7 Å². The quantitative estimate of drug-likeness (QED) is 0.205. The minimum Gasteiger partial charge on any atom is -0.457 e. The van der Waals surface area contributed by atoms with Crippen molar-refractivity contribution in [3.63, 3.8) is 0 Å². The molecule has 2 aromatic carbocycles. The summed E-state index contributed by atoms with van der Waals surface area (Å²) in [6.45, 7) is 11.5. The fourth-order valence-electron chi connectivity index (χ4n) is 4.34. The van der Waals surface area contributed by atoms with Crippen LogP contribution in [0, 0.1) is 5.92 Å². The molecule has 2 heterocycles. The number of unbranched alkanes of at least 4 members (excludes halogenated alkanes) is 1. The van der Waals surface area contributed by atoms with Gasteiger partial charge in [-0.05, 0) is 68.2 Å². The van der Waals surface area contributed by atoms with Crippen LogP contribution in [0.2, 0.25) is 0 Å². The minimum absolute atomic E-state index is 0.0185. The van der Waals surface area contributed by atoms with Crippen LogP contribution in [0.5, 0.6) is 11.5 Å². The molecule has 0 aliphatic carbocycles. The lowest BCUT2D eigenvalue weighted by Crippen LogP contribution is -2.09. The topological polar surface area (TPSA) is 82.5 Å². The van der Waals surface area contributed by atoms with Crippen molar-refractivity contribution in [2.75, 3.05) is 5.73 Å². The van der Waals surface area contributed by atoms with Gasteiger partial charge in [-0.2, -0.15) is 0 Å². The molecule has 0 aliphatic rings. The van der Waals surface area contributed by atoms with Crippen LogP contribution in [0.1, 0.15) is 71.5 Å². The Balaban J connectivity index is 0.000000732. The number of nitrogen functional groups attached to an aromatic ring is 1. The van der Waals surface area contributed by atoms with E-state index in [1.165, 1.54) is 32.3 Å². The predicted octanol–water partition coefficient (Wildman–Crippen LogP) is 8.24. The van der Waals surface area contributed by atoms with E-state index in [1.54, 1.807) is 6.20 Å². The lowest BCUT2D eigenvalue weighted by atomic mass is 9.89. The van der Waals surface area contributed by atoms with E-state index in [1.807, 2.05) is 60.8 Å². The molecule has 4 aromatic rings. The molecule has 4 rings (SSSR count). The highest BCUT2D eigenvalue weighted by atomic mass is 16.5. The van der Waals surface area contributed by atoms with Crippen LogP contribution in [-0.2, 0) is 4.79 Å². The van der Waals surface area contributed by atoms with Crippen LogP contribution >= 0.6 is 0 Å². The number of allylic oxidation sites excluding steroid dienone is 1. The maximum Gasteiger partial charge on any atom is 0.152 e. The molecule has 0 aliphatic heterocycles. The maximum absolute atomic E-state index is 9.69. The Morgan fingerprint density at radius 1 is 1.11 bits per heavy atom. The van der Waals surface area contributed by atoms with E-state index in [4.69, 9.17) is 15.5 Å². The number of carbonyl (C=O) groups excluding carboxylic acids is 1. The Hall–Kier alpha value is -3.93. The highest BCUT2D eigenvalue weighted by molar-refractivity contribution is 5.86. The molecule has 0 amide bonds. The molecule has 6 heteroatoms. The number of nitrogens with two attached hydrogens (primary N) is 1. The van der Waals surface area contributed by atoms with E-state index < -0.39 is 0 Å². The van der Waals surface area contributed by atoms with Crippen molar-refractivity contribution in [2.24, 2.45) is 5.92 Å². The number of hydrogen-bond donors (Lipinski definition) is 1. The van der Waals surface area contributed by atoms with Gasteiger partial charge in [-0.1, -0.05) is 64.8 Å². The number of aromatic nitrogens is 3. The van der Waals surface area contributed by atoms with Gasteiger partial charge in [-0.25, -0.2) is 9.97 Å². The molecule has 0 spiro atoms. The Bertz CT molecular complexity index is 1310. The monoisotopic (exact) mass is 512 g/mol. The number of imidazole rings is 1. The number of carbonyl (C=O) groups is 1. The lowest BCUT2D eigenvalue weighted by Gasteiger charge is -2.19. The van der Waals surface area contributed by atoms with Gasteiger partial charge in [0.05, 0.1) is 0 Å². The molecule has 200 valence electrons. The third kappa shape index (κ3) is 7.54. The summed E-state index contributed by atoms with van der Waals surface area (Å²) in [5, 5.41) is 0. The highest BCUT2D eigenvalue weighted by Gasteiger charge is 2.23. The van der Waals surface area contributed by atoms with Gasteiger partial charge >= 0.3 is 0 Å². The van der Waals surface area contributed by atoms with Gasteiger partial charge in [0.1, 0.15) is 34.4 Å². The van der Waals surface area contributed by atoms with Crippen molar-refractivity contribution in [1.82, 2.24) is 14.4 Å². The third-order valence-corrected chi connectivity index (χ3v) is 6.66.